The fourth-order valence-corrected chi connectivity index (χ4v) is 2.75. The average Bonchev–Trinajstić information content (AvgIpc) is 3.13. The Bertz CT molecular complexity index is 815. The van der Waals surface area contributed by atoms with E-state index in [1.807, 2.05) is 61.5 Å². The van der Waals surface area contributed by atoms with Gasteiger partial charge in [0.25, 0.3) is 5.91 Å². The first-order chi connectivity index (χ1) is 12.5. The Labute approximate surface area is 151 Å². The summed E-state index contributed by atoms with van der Waals surface area (Å²) >= 11 is 0. The topological polar surface area (TPSA) is 88.0 Å². The number of rotatable bonds is 6. The molecule has 0 aliphatic carbocycles. The number of oxime groups is 1. The first-order valence-electron chi connectivity index (χ1n) is 8.40. The summed E-state index contributed by atoms with van der Waals surface area (Å²) in [5.74, 6) is -1.56. The summed E-state index contributed by atoms with van der Waals surface area (Å²) in [6.45, 7) is 1.99. The molecule has 1 heterocycles. The first-order valence-corrected chi connectivity index (χ1v) is 8.40. The van der Waals surface area contributed by atoms with E-state index in [-0.39, 0.29) is 6.42 Å². The number of benzene rings is 2. The monoisotopic (exact) mass is 352 g/mol. The molecule has 6 heteroatoms. The van der Waals surface area contributed by atoms with Crippen LogP contribution in [-0.4, -0.2) is 34.8 Å². The van der Waals surface area contributed by atoms with Gasteiger partial charge in [0.15, 0.2) is 0 Å². The Hall–Kier alpha value is -3.15. The summed E-state index contributed by atoms with van der Waals surface area (Å²) < 4.78 is 0. The number of amides is 1. The van der Waals surface area contributed by atoms with Crippen molar-refractivity contribution >= 4 is 17.6 Å². The minimum atomic E-state index is -1.08. The lowest BCUT2D eigenvalue weighted by Crippen LogP contribution is -2.46. The molecular weight excluding hydrogens is 332 g/mol. The maximum absolute atomic E-state index is 12.4. The minimum absolute atomic E-state index is 0.209. The van der Waals surface area contributed by atoms with E-state index in [2.05, 4.69) is 10.5 Å². The van der Waals surface area contributed by atoms with Gasteiger partial charge in [-0.1, -0.05) is 65.3 Å². The van der Waals surface area contributed by atoms with Crippen molar-refractivity contribution in [2.75, 3.05) is 0 Å². The van der Waals surface area contributed by atoms with Gasteiger partial charge in [0.2, 0.25) is 6.10 Å². The second kappa shape index (κ2) is 7.82. The molecule has 1 amide bonds. The zero-order chi connectivity index (χ0) is 18.5. The number of hydrogen-bond acceptors (Lipinski definition) is 4. The number of carboxylic acid groups (broad SMARTS) is 1. The van der Waals surface area contributed by atoms with Crippen molar-refractivity contribution in [1.82, 2.24) is 5.32 Å². The van der Waals surface area contributed by atoms with Gasteiger partial charge in [-0.3, -0.25) is 4.79 Å². The maximum Gasteiger partial charge on any atom is 0.326 e. The second-order valence-electron chi connectivity index (χ2n) is 6.29. The fraction of sp³-hybridized carbons (Fsp3) is 0.250. The smallest absolute Gasteiger partial charge is 0.326 e. The second-order valence-corrected chi connectivity index (χ2v) is 6.29. The normalized spacial score (nSPS) is 17.1. The SMILES string of the molecule is Cc1ccc(C2=NO[C@@H](C(=O)N[C@@H](Cc3ccccc3)C(=O)O)C2)cc1. The zero-order valence-electron chi connectivity index (χ0n) is 14.4. The standard InChI is InChI=1S/C20H20N2O4/c1-13-7-9-15(10-8-13)16-12-18(26-22-16)19(23)21-17(20(24)25)11-14-5-3-2-4-6-14/h2-10,17-18H,11-12H2,1H3,(H,21,23)(H,24,25)/t17-,18+/m0/s1. The van der Waals surface area contributed by atoms with E-state index in [1.165, 1.54) is 0 Å². The molecule has 3 rings (SSSR count). The predicted molar refractivity (Wildman–Crippen MR) is 96.9 cm³/mol. The third-order valence-corrected chi connectivity index (χ3v) is 4.24. The molecular formula is C20H20N2O4. The summed E-state index contributed by atoms with van der Waals surface area (Å²) in [4.78, 5) is 29.1. The molecule has 134 valence electrons. The highest BCUT2D eigenvalue weighted by molar-refractivity contribution is 6.04. The van der Waals surface area contributed by atoms with Crippen molar-refractivity contribution in [2.45, 2.75) is 31.9 Å². The summed E-state index contributed by atoms with van der Waals surface area (Å²) in [5.41, 5.74) is 3.54. The fourth-order valence-electron chi connectivity index (χ4n) is 2.75. The highest BCUT2D eigenvalue weighted by Gasteiger charge is 2.31. The Morgan fingerprint density at radius 3 is 2.54 bits per heavy atom. The van der Waals surface area contributed by atoms with E-state index in [0.29, 0.717) is 12.1 Å². The van der Waals surface area contributed by atoms with Crippen LogP contribution in [0, 0.1) is 6.92 Å². The molecule has 6 nitrogen and oxygen atoms in total. The van der Waals surface area contributed by atoms with Crippen molar-refractivity contribution in [2.24, 2.45) is 5.16 Å². The zero-order valence-corrected chi connectivity index (χ0v) is 14.4. The number of carbonyl (C=O) groups is 2. The molecule has 0 saturated carbocycles. The molecule has 0 bridgehead atoms. The van der Waals surface area contributed by atoms with E-state index in [1.54, 1.807) is 0 Å². The highest BCUT2D eigenvalue weighted by atomic mass is 16.6. The number of aliphatic carboxylic acids is 1. The molecule has 2 N–H and O–H groups in total. The Kier molecular flexibility index (Phi) is 5.31. The Morgan fingerprint density at radius 1 is 1.19 bits per heavy atom. The van der Waals surface area contributed by atoms with Crippen LogP contribution < -0.4 is 5.32 Å². The molecule has 0 unspecified atom stereocenters. The first kappa shape index (κ1) is 17.7. The molecule has 0 saturated heterocycles. The van der Waals surface area contributed by atoms with E-state index in [4.69, 9.17) is 4.84 Å². The van der Waals surface area contributed by atoms with Crippen molar-refractivity contribution < 1.29 is 19.5 Å². The van der Waals surface area contributed by atoms with Crippen LogP contribution in [0.15, 0.2) is 59.8 Å². The molecule has 2 aromatic rings. The van der Waals surface area contributed by atoms with Gasteiger partial charge in [-0.25, -0.2) is 4.79 Å². The van der Waals surface area contributed by atoms with Gasteiger partial charge in [0.05, 0.1) is 5.71 Å². The van der Waals surface area contributed by atoms with Crippen LogP contribution in [0.3, 0.4) is 0 Å². The van der Waals surface area contributed by atoms with Crippen LogP contribution in [0.5, 0.6) is 0 Å². The van der Waals surface area contributed by atoms with E-state index < -0.39 is 24.0 Å². The maximum atomic E-state index is 12.4. The largest absolute Gasteiger partial charge is 0.480 e. The van der Waals surface area contributed by atoms with E-state index in [0.717, 1.165) is 16.7 Å². The molecule has 0 aromatic heterocycles. The third-order valence-electron chi connectivity index (χ3n) is 4.24. The quantitative estimate of drug-likeness (QED) is 0.835. The number of carboxylic acids is 1. The van der Waals surface area contributed by atoms with E-state index >= 15 is 0 Å². The molecule has 2 aromatic carbocycles. The molecule has 0 spiro atoms. The van der Waals surface area contributed by atoms with Gasteiger partial charge in [0.1, 0.15) is 6.04 Å². The van der Waals surface area contributed by atoms with E-state index in [9.17, 15) is 14.7 Å². The van der Waals surface area contributed by atoms with Crippen LogP contribution in [0.4, 0.5) is 0 Å². The lowest BCUT2D eigenvalue weighted by Gasteiger charge is -2.16. The van der Waals surface area contributed by atoms with Crippen molar-refractivity contribution in [1.29, 1.82) is 0 Å². The number of carbonyl (C=O) groups excluding carboxylic acids is 1. The van der Waals surface area contributed by atoms with Crippen LogP contribution in [0.2, 0.25) is 0 Å². The number of nitrogens with one attached hydrogen (secondary N) is 1. The van der Waals surface area contributed by atoms with Crippen molar-refractivity contribution in [3.05, 3.63) is 71.3 Å². The summed E-state index contributed by atoms with van der Waals surface area (Å²) in [6.07, 6.45) is -0.295. The van der Waals surface area contributed by atoms with Crippen molar-refractivity contribution in [3.63, 3.8) is 0 Å². The summed E-state index contributed by atoms with van der Waals surface area (Å²) in [6, 6.07) is 15.9. The van der Waals surface area contributed by atoms with Crippen molar-refractivity contribution in [3.8, 4) is 0 Å². The average molecular weight is 352 g/mol. The number of nitrogens with zero attached hydrogens (tertiary/aromatic N) is 1. The van der Waals surface area contributed by atoms with Gasteiger partial charge in [-0.05, 0) is 18.1 Å². The van der Waals surface area contributed by atoms with Gasteiger partial charge in [-0.2, -0.15) is 0 Å². The summed E-state index contributed by atoms with van der Waals surface area (Å²) in [7, 11) is 0. The lowest BCUT2D eigenvalue weighted by atomic mass is 10.0. The van der Waals surface area contributed by atoms with Crippen LogP contribution in [0.1, 0.15) is 23.1 Å². The molecule has 1 aliphatic rings. The van der Waals surface area contributed by atoms with Gasteiger partial charge in [-0.15, -0.1) is 0 Å². The Morgan fingerprint density at radius 2 is 1.88 bits per heavy atom. The number of hydrogen-bond donors (Lipinski definition) is 2. The van der Waals surface area contributed by atoms with Gasteiger partial charge >= 0.3 is 5.97 Å². The molecule has 26 heavy (non-hydrogen) atoms. The molecule has 0 fully saturated rings. The lowest BCUT2D eigenvalue weighted by molar-refractivity contribution is -0.143. The van der Waals surface area contributed by atoms with Crippen LogP contribution >= 0.6 is 0 Å². The molecule has 0 radical (unpaired) electrons. The predicted octanol–water partition coefficient (Wildman–Crippen LogP) is 2.30. The minimum Gasteiger partial charge on any atom is -0.480 e. The van der Waals surface area contributed by atoms with Crippen LogP contribution in [0.25, 0.3) is 0 Å². The highest BCUT2D eigenvalue weighted by Crippen LogP contribution is 2.18. The molecule has 1 aliphatic heterocycles. The van der Waals surface area contributed by atoms with Gasteiger partial charge < -0.3 is 15.3 Å². The molecule has 2 atom stereocenters. The third kappa shape index (κ3) is 4.27. The Balaban J connectivity index is 1.60. The van der Waals surface area contributed by atoms with Crippen LogP contribution in [-0.2, 0) is 20.8 Å². The number of aryl methyl sites for hydroxylation is 1. The van der Waals surface area contributed by atoms with Gasteiger partial charge in [0, 0.05) is 12.8 Å². The summed E-state index contributed by atoms with van der Waals surface area (Å²) in [5, 5.41) is 15.9.